The quantitative estimate of drug-likeness (QED) is 0.602. The van der Waals surface area contributed by atoms with Crippen LogP contribution in [0.4, 0.5) is 5.69 Å². The van der Waals surface area contributed by atoms with Gasteiger partial charge in [-0.25, -0.2) is 8.42 Å². The first-order valence-corrected chi connectivity index (χ1v) is 10.5. The van der Waals surface area contributed by atoms with Gasteiger partial charge in [-0.2, -0.15) is 4.31 Å². The molecule has 0 radical (unpaired) electrons. The Labute approximate surface area is 172 Å². The van der Waals surface area contributed by atoms with E-state index in [2.05, 4.69) is 18.5 Å². The highest BCUT2D eigenvalue weighted by Gasteiger charge is 2.22. The fourth-order valence-electron chi connectivity index (χ4n) is 2.78. The number of aryl methyl sites for hydroxylation is 2. The molecule has 0 aliphatic carbocycles. The molecule has 0 aromatic heterocycles. The Balaban J connectivity index is 2.03. The Hall–Kier alpha value is -2.90. The zero-order chi connectivity index (χ0) is 21.4. The second-order valence-electron chi connectivity index (χ2n) is 6.48. The fourth-order valence-corrected chi connectivity index (χ4v) is 4.16. The number of ether oxygens (including phenoxy) is 1. The molecule has 0 unspecified atom stereocenters. The Morgan fingerprint density at radius 3 is 2.10 bits per heavy atom. The Bertz CT molecular complexity index is 952. The highest BCUT2D eigenvalue weighted by molar-refractivity contribution is 7.89. The molecule has 29 heavy (non-hydrogen) atoms. The lowest BCUT2D eigenvalue weighted by atomic mass is 10.1. The van der Waals surface area contributed by atoms with Crippen molar-refractivity contribution in [1.29, 1.82) is 0 Å². The van der Waals surface area contributed by atoms with E-state index in [4.69, 9.17) is 4.74 Å². The second kappa shape index (κ2) is 10.0. The monoisotopic (exact) mass is 414 g/mol. The molecule has 0 atom stereocenters. The van der Waals surface area contributed by atoms with Gasteiger partial charge in [-0.1, -0.05) is 30.4 Å². The molecule has 0 aliphatic heterocycles. The zero-order valence-electron chi connectivity index (χ0n) is 16.7. The number of carbonyl (C=O) groups is 1. The molecule has 2 rings (SSSR count). The molecule has 2 aromatic carbocycles. The van der Waals surface area contributed by atoms with E-state index in [-0.39, 0.29) is 30.5 Å². The maximum atomic E-state index is 12.7. The molecule has 2 aromatic rings. The summed E-state index contributed by atoms with van der Waals surface area (Å²) in [6, 6.07) is 11.8. The summed E-state index contributed by atoms with van der Waals surface area (Å²) >= 11 is 0. The summed E-state index contributed by atoms with van der Waals surface area (Å²) < 4.78 is 32.3. The molecule has 0 bridgehead atoms. The van der Waals surface area contributed by atoms with E-state index in [1.807, 2.05) is 32.0 Å². The predicted molar refractivity (Wildman–Crippen MR) is 116 cm³/mol. The van der Waals surface area contributed by atoms with Gasteiger partial charge in [0.15, 0.2) is 6.61 Å². The van der Waals surface area contributed by atoms with Crippen molar-refractivity contribution in [3.63, 3.8) is 0 Å². The van der Waals surface area contributed by atoms with Crippen molar-refractivity contribution in [2.45, 2.75) is 18.7 Å². The highest BCUT2D eigenvalue weighted by Crippen LogP contribution is 2.22. The number of anilines is 1. The second-order valence-corrected chi connectivity index (χ2v) is 8.42. The minimum atomic E-state index is -3.67. The average Bonchev–Trinajstić information content (AvgIpc) is 2.68. The van der Waals surface area contributed by atoms with Crippen LogP contribution in [0.3, 0.4) is 0 Å². The minimum Gasteiger partial charge on any atom is -0.483 e. The third kappa shape index (κ3) is 5.79. The number of rotatable bonds is 10. The molecule has 0 saturated carbocycles. The minimum absolute atomic E-state index is 0.131. The molecule has 0 aliphatic rings. The van der Waals surface area contributed by atoms with Gasteiger partial charge in [0.05, 0.1) is 4.90 Å². The van der Waals surface area contributed by atoms with Crippen molar-refractivity contribution >= 4 is 21.6 Å². The summed E-state index contributed by atoms with van der Waals surface area (Å²) in [5.74, 6) is 0.358. The Kier molecular flexibility index (Phi) is 7.75. The predicted octanol–water partition coefficient (Wildman–Crippen LogP) is 3.68. The molecule has 1 amide bonds. The van der Waals surface area contributed by atoms with E-state index >= 15 is 0 Å². The molecular weight excluding hydrogens is 388 g/mol. The van der Waals surface area contributed by atoms with Crippen LogP contribution in [0, 0.1) is 13.8 Å². The number of sulfonamides is 1. The van der Waals surface area contributed by atoms with Gasteiger partial charge in [-0.05, 0) is 49.2 Å². The van der Waals surface area contributed by atoms with Crippen molar-refractivity contribution in [1.82, 2.24) is 4.31 Å². The van der Waals surface area contributed by atoms with Crippen molar-refractivity contribution in [3.8, 4) is 5.75 Å². The van der Waals surface area contributed by atoms with Crippen LogP contribution in [0.15, 0.2) is 72.7 Å². The van der Waals surface area contributed by atoms with Gasteiger partial charge in [0.1, 0.15) is 5.75 Å². The maximum absolute atomic E-state index is 12.7. The number of carbonyl (C=O) groups excluding carboxylic acids is 1. The van der Waals surface area contributed by atoms with Crippen LogP contribution in [0.5, 0.6) is 5.75 Å². The summed E-state index contributed by atoms with van der Waals surface area (Å²) in [6.45, 7) is 11.2. The fraction of sp³-hybridized carbons (Fsp3) is 0.227. The number of nitrogens with zero attached hydrogens (tertiary/aromatic N) is 1. The topological polar surface area (TPSA) is 75.7 Å². The van der Waals surface area contributed by atoms with E-state index in [0.717, 1.165) is 11.1 Å². The van der Waals surface area contributed by atoms with Gasteiger partial charge >= 0.3 is 0 Å². The SMILES string of the molecule is C=CCN(CC=C)S(=O)(=O)c1ccc(NC(=O)COc2c(C)cccc2C)cc1. The maximum Gasteiger partial charge on any atom is 0.262 e. The van der Waals surface area contributed by atoms with Crippen molar-refractivity contribution in [2.75, 3.05) is 25.0 Å². The highest BCUT2D eigenvalue weighted by atomic mass is 32.2. The molecule has 0 fully saturated rings. The lowest BCUT2D eigenvalue weighted by molar-refractivity contribution is -0.118. The van der Waals surface area contributed by atoms with Gasteiger partial charge in [-0.3, -0.25) is 4.79 Å². The molecule has 0 spiro atoms. The lowest BCUT2D eigenvalue weighted by Gasteiger charge is -2.19. The third-order valence-electron chi connectivity index (χ3n) is 4.20. The third-order valence-corrected chi connectivity index (χ3v) is 6.04. The van der Waals surface area contributed by atoms with E-state index in [1.54, 1.807) is 12.1 Å². The number of hydrogen-bond acceptors (Lipinski definition) is 4. The average molecular weight is 415 g/mol. The van der Waals surface area contributed by atoms with Crippen LogP contribution >= 0.6 is 0 Å². The largest absolute Gasteiger partial charge is 0.483 e. The molecule has 154 valence electrons. The molecule has 7 heteroatoms. The zero-order valence-corrected chi connectivity index (χ0v) is 17.5. The Morgan fingerprint density at radius 2 is 1.59 bits per heavy atom. The standard InChI is InChI=1S/C22H26N2O4S/c1-5-14-24(15-6-2)29(26,27)20-12-10-19(11-13-20)23-21(25)16-28-22-17(3)8-7-9-18(22)4/h5-13H,1-2,14-16H2,3-4H3,(H,23,25). The summed E-state index contributed by atoms with van der Waals surface area (Å²) in [4.78, 5) is 12.3. The van der Waals surface area contributed by atoms with Gasteiger partial charge in [0, 0.05) is 18.8 Å². The van der Waals surface area contributed by atoms with E-state index in [0.29, 0.717) is 11.4 Å². The molecule has 0 saturated heterocycles. The van der Waals surface area contributed by atoms with E-state index < -0.39 is 10.0 Å². The first kappa shape index (κ1) is 22.4. The van der Waals surface area contributed by atoms with Crippen LogP contribution in [-0.4, -0.2) is 38.3 Å². The van der Waals surface area contributed by atoms with Crippen molar-refractivity contribution in [2.24, 2.45) is 0 Å². The lowest BCUT2D eigenvalue weighted by Crippen LogP contribution is -2.31. The number of hydrogen-bond donors (Lipinski definition) is 1. The van der Waals surface area contributed by atoms with Crippen LogP contribution in [0.1, 0.15) is 11.1 Å². The first-order chi connectivity index (χ1) is 13.8. The summed E-state index contributed by atoms with van der Waals surface area (Å²) in [5.41, 5.74) is 2.39. The molecular formula is C22H26N2O4S. The summed E-state index contributed by atoms with van der Waals surface area (Å²) in [6.07, 6.45) is 3.04. The van der Waals surface area contributed by atoms with Crippen LogP contribution in [-0.2, 0) is 14.8 Å². The van der Waals surface area contributed by atoms with Crippen LogP contribution in [0.2, 0.25) is 0 Å². The number of para-hydroxylation sites is 1. The van der Waals surface area contributed by atoms with Crippen LogP contribution in [0.25, 0.3) is 0 Å². The smallest absolute Gasteiger partial charge is 0.262 e. The van der Waals surface area contributed by atoms with E-state index in [1.165, 1.54) is 28.6 Å². The first-order valence-electron chi connectivity index (χ1n) is 9.10. The van der Waals surface area contributed by atoms with Gasteiger partial charge < -0.3 is 10.1 Å². The van der Waals surface area contributed by atoms with Crippen molar-refractivity contribution in [3.05, 3.63) is 78.9 Å². The van der Waals surface area contributed by atoms with Gasteiger partial charge in [0.25, 0.3) is 5.91 Å². The molecule has 6 nitrogen and oxygen atoms in total. The van der Waals surface area contributed by atoms with Gasteiger partial charge in [-0.15, -0.1) is 13.2 Å². The number of benzene rings is 2. The van der Waals surface area contributed by atoms with Crippen molar-refractivity contribution < 1.29 is 17.9 Å². The molecule has 1 N–H and O–H groups in total. The summed E-state index contributed by atoms with van der Waals surface area (Å²) in [5, 5.41) is 2.70. The van der Waals surface area contributed by atoms with E-state index in [9.17, 15) is 13.2 Å². The number of nitrogens with one attached hydrogen (secondary N) is 1. The van der Waals surface area contributed by atoms with Gasteiger partial charge in [0.2, 0.25) is 10.0 Å². The van der Waals surface area contributed by atoms with Crippen LogP contribution < -0.4 is 10.1 Å². The normalized spacial score (nSPS) is 11.1. The Morgan fingerprint density at radius 1 is 1.03 bits per heavy atom. The molecule has 0 heterocycles. The number of amides is 1. The summed E-state index contributed by atoms with van der Waals surface area (Å²) in [7, 11) is -3.67.